The molecule has 1 aliphatic heterocycles. The van der Waals surface area contributed by atoms with Crippen LogP contribution in [0.3, 0.4) is 0 Å². The van der Waals surface area contributed by atoms with Gasteiger partial charge in [0.2, 0.25) is 5.78 Å². The summed E-state index contributed by atoms with van der Waals surface area (Å²) in [7, 11) is 0. The molecule has 0 saturated carbocycles. The number of rotatable bonds is 3. The molecule has 0 fully saturated rings. The number of anilines is 2. The Morgan fingerprint density at radius 1 is 0.651 bits per heavy atom. The van der Waals surface area contributed by atoms with Crippen LogP contribution in [0, 0.1) is 25.5 Å². The second kappa shape index (κ2) is 9.84. The minimum absolute atomic E-state index is 0.131. The van der Waals surface area contributed by atoms with Crippen molar-refractivity contribution < 1.29 is 18.4 Å². The molecule has 1 unspecified atom stereocenters. The Kier molecular flexibility index (Phi) is 6.06. The number of Topliss-reactive ketones (excluding diaryl/α,β-unsaturated/α-hetero) is 2. The molecule has 1 atom stereocenters. The predicted octanol–water partition coefficient (Wildman–Crippen LogP) is 7.35. The second-order valence-electron chi connectivity index (χ2n) is 10.8. The fraction of sp³-hybridized carbons (Fsp3) is 0.0833. The Hall–Kier alpha value is -5.43. The zero-order valence-corrected chi connectivity index (χ0v) is 23.3. The third-order valence-corrected chi connectivity index (χ3v) is 8.16. The lowest BCUT2D eigenvalue weighted by Gasteiger charge is -2.40. The van der Waals surface area contributed by atoms with Gasteiger partial charge in [-0.25, -0.2) is 8.78 Å². The number of hydrogen-bond acceptors (Lipinski definition) is 4. The molecule has 0 bridgehead atoms. The van der Waals surface area contributed by atoms with Crippen molar-refractivity contribution in [2.45, 2.75) is 19.8 Å². The molecule has 2 heterocycles. The first-order valence-electron chi connectivity index (χ1n) is 13.8. The summed E-state index contributed by atoms with van der Waals surface area (Å²) in [5.41, 5.74) is 4.20. The van der Waals surface area contributed by atoms with Crippen LogP contribution in [0.2, 0.25) is 0 Å². The predicted molar refractivity (Wildman–Crippen MR) is 160 cm³/mol. The monoisotopic (exact) mass is 570 g/mol. The molecule has 4 aromatic carbocycles. The van der Waals surface area contributed by atoms with Crippen LogP contribution >= 0.6 is 0 Å². The topological polar surface area (TPSA) is 59.4 Å². The maximum Gasteiger partial charge on any atom is 0.261 e. The van der Waals surface area contributed by atoms with Crippen LogP contribution in [0.25, 0.3) is 5.69 Å². The van der Waals surface area contributed by atoms with E-state index in [9.17, 15) is 23.2 Å². The molecule has 0 amide bonds. The Labute approximate surface area is 246 Å². The van der Waals surface area contributed by atoms with Gasteiger partial charge >= 0.3 is 0 Å². The summed E-state index contributed by atoms with van der Waals surface area (Å²) in [5.74, 6) is -2.51. The molecule has 7 rings (SSSR count). The normalized spacial score (nSPS) is 15.7. The molecule has 0 saturated heterocycles. The van der Waals surface area contributed by atoms with Gasteiger partial charge < -0.3 is 4.90 Å². The number of halogens is 2. The average molecular weight is 571 g/mol. The van der Waals surface area contributed by atoms with E-state index in [4.69, 9.17) is 0 Å². The lowest BCUT2D eigenvalue weighted by Crippen LogP contribution is -2.41. The van der Waals surface area contributed by atoms with E-state index in [1.54, 1.807) is 42.2 Å². The highest BCUT2D eigenvalue weighted by Gasteiger charge is 2.46. The van der Waals surface area contributed by atoms with Crippen molar-refractivity contribution in [1.29, 1.82) is 0 Å². The summed E-state index contributed by atoms with van der Waals surface area (Å²) in [6.45, 7) is 3.69. The molecular formula is C36H24F2N2O3. The smallest absolute Gasteiger partial charge is 0.261 e. The largest absolute Gasteiger partial charge is 0.306 e. The molecule has 5 aromatic rings. The van der Waals surface area contributed by atoms with Crippen LogP contribution in [0.4, 0.5) is 20.2 Å². The van der Waals surface area contributed by atoms with Gasteiger partial charge in [0, 0.05) is 39.7 Å². The van der Waals surface area contributed by atoms with Crippen molar-refractivity contribution in [3.05, 3.63) is 170 Å². The van der Waals surface area contributed by atoms with Gasteiger partial charge in [0.1, 0.15) is 17.3 Å². The van der Waals surface area contributed by atoms with Crippen molar-refractivity contribution in [2.75, 3.05) is 4.90 Å². The highest BCUT2D eigenvalue weighted by atomic mass is 19.1. The molecule has 0 spiro atoms. The number of aromatic nitrogens is 1. The van der Waals surface area contributed by atoms with Gasteiger partial charge in [0.25, 0.3) is 5.56 Å². The summed E-state index contributed by atoms with van der Waals surface area (Å²) in [5, 5.41) is 0. The Balaban J connectivity index is 1.62. The maximum absolute atomic E-state index is 14.7. The van der Waals surface area contributed by atoms with E-state index in [0.29, 0.717) is 28.3 Å². The zero-order valence-electron chi connectivity index (χ0n) is 23.3. The van der Waals surface area contributed by atoms with Crippen LogP contribution in [0.15, 0.2) is 119 Å². The number of carbonyl (C=O) groups excluding carboxylic acids is 2. The summed E-state index contributed by atoms with van der Waals surface area (Å²) >= 11 is 0. The quantitative estimate of drug-likeness (QED) is 0.228. The van der Waals surface area contributed by atoms with E-state index in [-0.39, 0.29) is 39.5 Å². The molecule has 0 radical (unpaired) electrons. The van der Waals surface area contributed by atoms with Crippen molar-refractivity contribution in [3.63, 3.8) is 0 Å². The second-order valence-corrected chi connectivity index (χ2v) is 10.8. The maximum atomic E-state index is 14.7. The summed E-state index contributed by atoms with van der Waals surface area (Å²) in [6, 6.07) is 27.2. The molecule has 1 aromatic heterocycles. The number of fused-ring (bicyclic) bond motifs is 2. The van der Waals surface area contributed by atoms with Gasteiger partial charge in [-0.3, -0.25) is 19.0 Å². The number of hydrogen-bond donors (Lipinski definition) is 0. The first-order chi connectivity index (χ1) is 20.7. The number of nitrogens with zero attached hydrogens (tertiary/aromatic N) is 2. The van der Waals surface area contributed by atoms with Gasteiger partial charge in [0.05, 0.1) is 11.3 Å². The van der Waals surface area contributed by atoms with Crippen molar-refractivity contribution >= 4 is 22.9 Å². The summed E-state index contributed by atoms with van der Waals surface area (Å²) in [4.78, 5) is 45.0. The van der Waals surface area contributed by atoms with E-state index < -0.39 is 23.1 Å². The van der Waals surface area contributed by atoms with E-state index in [1.165, 1.54) is 53.1 Å². The zero-order chi connectivity index (χ0) is 30.0. The highest BCUT2D eigenvalue weighted by molar-refractivity contribution is 6.30. The first kappa shape index (κ1) is 26.5. The number of allylic oxidation sites excluding steroid dienone is 2. The van der Waals surface area contributed by atoms with Gasteiger partial charge in [-0.2, -0.15) is 0 Å². The fourth-order valence-corrected chi connectivity index (χ4v) is 6.18. The van der Waals surface area contributed by atoms with Gasteiger partial charge in [0.15, 0.2) is 5.78 Å². The summed E-state index contributed by atoms with van der Waals surface area (Å²) < 4.78 is 29.4. The molecule has 7 heteroatoms. The van der Waals surface area contributed by atoms with Crippen molar-refractivity contribution in [1.82, 2.24) is 4.57 Å². The fourth-order valence-electron chi connectivity index (χ4n) is 6.18. The van der Waals surface area contributed by atoms with Crippen molar-refractivity contribution in [2.24, 2.45) is 0 Å². The number of pyridine rings is 1. The minimum atomic E-state index is -0.882. The third kappa shape index (κ3) is 4.07. The van der Waals surface area contributed by atoms with Crippen LogP contribution < -0.4 is 10.5 Å². The average Bonchev–Trinajstić information content (AvgIpc) is 3.01. The Bertz CT molecular complexity index is 2060. The van der Waals surface area contributed by atoms with Crippen LogP contribution in [-0.2, 0) is 0 Å². The SMILES string of the molecule is Cc1ccc(C2C3=C(C(=O)c4ccccc4C3=O)N(c3ccc(F)cc3)c3cc(C)n(-c4ccc(F)cc4)c(=O)c32)cc1. The number of aryl methyl sites for hydroxylation is 2. The first-order valence-corrected chi connectivity index (χ1v) is 13.8. The molecule has 2 aliphatic rings. The molecule has 5 nitrogen and oxygen atoms in total. The summed E-state index contributed by atoms with van der Waals surface area (Å²) in [6.07, 6.45) is 0. The Morgan fingerprint density at radius 2 is 1.21 bits per heavy atom. The van der Waals surface area contributed by atoms with Crippen LogP contribution in [-0.4, -0.2) is 16.1 Å². The number of benzene rings is 4. The molecule has 1 aliphatic carbocycles. The number of ketones is 2. The van der Waals surface area contributed by atoms with E-state index >= 15 is 0 Å². The van der Waals surface area contributed by atoms with Gasteiger partial charge in [-0.1, -0.05) is 54.1 Å². The van der Waals surface area contributed by atoms with Crippen LogP contribution in [0.1, 0.15) is 49.0 Å². The lowest BCUT2D eigenvalue weighted by molar-refractivity contribution is 0.0968. The van der Waals surface area contributed by atoms with Crippen molar-refractivity contribution in [3.8, 4) is 5.69 Å². The molecular weight excluding hydrogens is 546 g/mol. The lowest BCUT2D eigenvalue weighted by atomic mass is 9.72. The molecule has 0 N–H and O–H groups in total. The van der Waals surface area contributed by atoms with Crippen LogP contribution in [0.5, 0.6) is 0 Å². The molecule has 43 heavy (non-hydrogen) atoms. The standard InChI is InChI=1S/C36H24F2N2O3/c1-20-7-9-22(10-8-20)30-31-29(19-21(2)39(36(31)43)25-15-11-23(37)12-16-25)40(26-17-13-24(38)14-18-26)33-32(30)34(41)27-5-3-4-6-28(27)35(33)42/h3-19,30H,1-2H3. The third-order valence-electron chi connectivity index (χ3n) is 8.16. The Morgan fingerprint density at radius 3 is 1.81 bits per heavy atom. The van der Waals surface area contributed by atoms with E-state index in [2.05, 4.69) is 0 Å². The van der Waals surface area contributed by atoms with E-state index in [1.807, 2.05) is 31.2 Å². The van der Waals surface area contributed by atoms with Gasteiger partial charge in [-0.05, 0) is 74.0 Å². The van der Waals surface area contributed by atoms with E-state index in [0.717, 1.165) is 5.56 Å². The highest BCUT2D eigenvalue weighted by Crippen LogP contribution is 2.50. The van der Waals surface area contributed by atoms with Gasteiger partial charge in [-0.15, -0.1) is 0 Å². The number of carbonyl (C=O) groups is 2. The minimum Gasteiger partial charge on any atom is -0.306 e. The molecule has 210 valence electrons.